The van der Waals surface area contributed by atoms with Gasteiger partial charge in [-0.3, -0.25) is 4.99 Å². The summed E-state index contributed by atoms with van der Waals surface area (Å²) in [6, 6.07) is 6.33. The Hall–Kier alpha value is -1.72. The van der Waals surface area contributed by atoms with Crippen LogP contribution >= 0.6 is 0 Å². The molecule has 0 fully saturated rings. The Morgan fingerprint density at radius 1 is 1.29 bits per heavy atom. The quantitative estimate of drug-likeness (QED) is 0.626. The van der Waals surface area contributed by atoms with Crippen molar-refractivity contribution >= 4 is 5.96 Å². The molecule has 0 saturated carbocycles. The molecule has 0 heterocycles. The monoisotopic (exact) mass is 301 g/mol. The van der Waals surface area contributed by atoms with Crippen molar-refractivity contribution in [2.24, 2.45) is 4.99 Å². The van der Waals surface area contributed by atoms with Gasteiger partial charge in [-0.15, -0.1) is 0 Å². The first kappa shape index (κ1) is 17.3. The zero-order chi connectivity index (χ0) is 15.9. The fourth-order valence-corrected chi connectivity index (χ4v) is 1.79. The predicted octanol–water partition coefficient (Wildman–Crippen LogP) is 2.92. The third-order valence-electron chi connectivity index (χ3n) is 3.01. The Morgan fingerprint density at radius 2 is 2.00 bits per heavy atom. The second-order valence-corrected chi connectivity index (χ2v) is 5.36. The van der Waals surface area contributed by atoms with Gasteiger partial charge < -0.3 is 10.6 Å². The number of alkyl halides is 2. The summed E-state index contributed by atoms with van der Waals surface area (Å²) in [6.07, 6.45) is -2.44. The van der Waals surface area contributed by atoms with Gasteiger partial charge in [0.15, 0.2) is 5.96 Å². The number of hydrogen-bond acceptors (Lipinski definition) is 1. The molecule has 0 aromatic heterocycles. The molecule has 6 heteroatoms. The number of guanidine groups is 1. The van der Waals surface area contributed by atoms with Crippen LogP contribution in [0.25, 0.3) is 0 Å². The first-order valence-corrected chi connectivity index (χ1v) is 6.91. The summed E-state index contributed by atoms with van der Waals surface area (Å²) in [5, 5.41) is 5.48. The van der Waals surface area contributed by atoms with Gasteiger partial charge in [-0.25, -0.2) is 13.2 Å². The van der Waals surface area contributed by atoms with Crippen molar-refractivity contribution in [1.29, 1.82) is 0 Å². The number of hydrogen-bond donors (Lipinski definition) is 2. The minimum atomic E-state index is -2.44. The normalized spacial score (nSPS) is 12.6. The average molecular weight is 301 g/mol. The molecule has 0 unspecified atom stereocenters. The fourth-order valence-electron chi connectivity index (χ4n) is 1.79. The summed E-state index contributed by atoms with van der Waals surface area (Å²) in [7, 11) is 0. The fraction of sp³-hybridized carbons (Fsp3) is 0.533. The molecule has 0 atom stereocenters. The van der Waals surface area contributed by atoms with Gasteiger partial charge in [-0.2, -0.15) is 0 Å². The van der Waals surface area contributed by atoms with Crippen LogP contribution in [-0.4, -0.2) is 32.0 Å². The van der Waals surface area contributed by atoms with Crippen molar-refractivity contribution in [3.63, 3.8) is 0 Å². The molecule has 0 amide bonds. The second kappa shape index (κ2) is 7.90. The summed E-state index contributed by atoms with van der Waals surface area (Å²) >= 11 is 0. The third kappa shape index (κ3) is 6.06. The van der Waals surface area contributed by atoms with E-state index < -0.39 is 18.4 Å². The lowest BCUT2D eigenvalue weighted by Crippen LogP contribution is -2.40. The zero-order valence-corrected chi connectivity index (χ0v) is 12.6. The third-order valence-corrected chi connectivity index (χ3v) is 3.01. The van der Waals surface area contributed by atoms with E-state index >= 15 is 0 Å². The van der Waals surface area contributed by atoms with Gasteiger partial charge in [0.05, 0.1) is 13.1 Å². The Kier molecular flexibility index (Phi) is 6.52. The first-order valence-electron chi connectivity index (χ1n) is 6.91. The minimum absolute atomic E-state index is 0.299. The van der Waals surface area contributed by atoms with E-state index in [0.717, 1.165) is 5.56 Å². The Labute approximate surface area is 123 Å². The lowest BCUT2D eigenvalue weighted by atomic mass is 9.85. The van der Waals surface area contributed by atoms with Crippen molar-refractivity contribution in [2.75, 3.05) is 19.6 Å². The van der Waals surface area contributed by atoms with Crippen LogP contribution < -0.4 is 10.6 Å². The van der Waals surface area contributed by atoms with Gasteiger partial charge in [-0.1, -0.05) is 26.0 Å². The van der Waals surface area contributed by atoms with E-state index in [4.69, 9.17) is 0 Å². The van der Waals surface area contributed by atoms with Crippen molar-refractivity contribution in [2.45, 2.75) is 32.6 Å². The van der Waals surface area contributed by atoms with E-state index in [9.17, 15) is 13.2 Å². The van der Waals surface area contributed by atoms with Crippen LogP contribution in [0.4, 0.5) is 13.2 Å². The Balaban J connectivity index is 2.77. The van der Waals surface area contributed by atoms with Crippen LogP contribution in [-0.2, 0) is 5.41 Å². The summed E-state index contributed by atoms with van der Waals surface area (Å²) in [5.74, 6) is 0.0366. The van der Waals surface area contributed by atoms with Gasteiger partial charge >= 0.3 is 0 Å². The van der Waals surface area contributed by atoms with E-state index in [2.05, 4.69) is 15.6 Å². The van der Waals surface area contributed by atoms with Gasteiger partial charge in [0.25, 0.3) is 6.43 Å². The van der Waals surface area contributed by atoms with Crippen LogP contribution in [0, 0.1) is 5.82 Å². The molecule has 0 saturated heterocycles. The topological polar surface area (TPSA) is 36.4 Å². The van der Waals surface area contributed by atoms with Crippen LogP contribution in [0.1, 0.15) is 26.3 Å². The van der Waals surface area contributed by atoms with Crippen LogP contribution in [0.15, 0.2) is 29.3 Å². The molecule has 2 N–H and O–H groups in total. The van der Waals surface area contributed by atoms with Crippen molar-refractivity contribution in [3.05, 3.63) is 35.6 Å². The molecule has 0 bridgehead atoms. The summed E-state index contributed by atoms with van der Waals surface area (Å²) in [6.45, 7) is 6.21. The lowest BCUT2D eigenvalue weighted by Gasteiger charge is -2.24. The standard InChI is InChI=1S/C15H22F3N3/c1-4-19-14(20-9-13(17)18)21-10-15(2,3)11-6-5-7-12(16)8-11/h5-8,13H,4,9-10H2,1-3H3,(H2,19,20,21). The van der Waals surface area contributed by atoms with Gasteiger partial charge in [-0.05, 0) is 24.6 Å². The minimum Gasteiger partial charge on any atom is -0.357 e. The maximum Gasteiger partial charge on any atom is 0.255 e. The maximum atomic E-state index is 13.3. The van der Waals surface area contributed by atoms with E-state index in [1.165, 1.54) is 12.1 Å². The molecule has 0 radical (unpaired) electrons. The Bertz CT molecular complexity index is 473. The Morgan fingerprint density at radius 3 is 2.57 bits per heavy atom. The van der Waals surface area contributed by atoms with Crippen LogP contribution in [0.3, 0.4) is 0 Å². The number of rotatable bonds is 6. The summed E-state index contributed by atoms with van der Waals surface area (Å²) < 4.78 is 37.7. The average Bonchev–Trinajstić information content (AvgIpc) is 2.42. The summed E-state index contributed by atoms with van der Waals surface area (Å²) in [4.78, 5) is 4.30. The number of aliphatic imine (C=N–C) groups is 1. The van der Waals surface area contributed by atoms with Crippen LogP contribution in [0.5, 0.6) is 0 Å². The van der Waals surface area contributed by atoms with Crippen molar-refractivity contribution in [3.8, 4) is 0 Å². The molecule has 0 aliphatic heterocycles. The molecule has 118 valence electrons. The number of benzene rings is 1. The van der Waals surface area contributed by atoms with E-state index in [1.807, 2.05) is 26.8 Å². The molecule has 1 aromatic carbocycles. The number of nitrogens with zero attached hydrogens (tertiary/aromatic N) is 1. The molecule has 0 aliphatic rings. The number of nitrogens with one attached hydrogen (secondary N) is 2. The SMILES string of the molecule is CCNC(=NCC(C)(C)c1cccc(F)c1)NCC(F)F. The molecule has 1 aromatic rings. The largest absolute Gasteiger partial charge is 0.357 e. The van der Waals surface area contributed by atoms with Gasteiger partial charge in [0, 0.05) is 12.0 Å². The van der Waals surface area contributed by atoms with E-state index in [-0.39, 0.29) is 5.82 Å². The van der Waals surface area contributed by atoms with Gasteiger partial charge in [0.1, 0.15) is 5.82 Å². The van der Waals surface area contributed by atoms with Crippen molar-refractivity contribution < 1.29 is 13.2 Å². The molecule has 0 aliphatic carbocycles. The van der Waals surface area contributed by atoms with Crippen LogP contribution in [0.2, 0.25) is 0 Å². The zero-order valence-electron chi connectivity index (χ0n) is 12.6. The first-order chi connectivity index (χ1) is 9.85. The smallest absolute Gasteiger partial charge is 0.255 e. The second-order valence-electron chi connectivity index (χ2n) is 5.36. The highest BCUT2D eigenvalue weighted by Gasteiger charge is 2.21. The molecular weight excluding hydrogens is 279 g/mol. The highest BCUT2D eigenvalue weighted by Crippen LogP contribution is 2.24. The molecule has 3 nitrogen and oxygen atoms in total. The highest BCUT2D eigenvalue weighted by molar-refractivity contribution is 5.79. The van der Waals surface area contributed by atoms with E-state index in [1.54, 1.807) is 6.07 Å². The predicted molar refractivity (Wildman–Crippen MR) is 79.4 cm³/mol. The molecule has 1 rings (SSSR count). The molecule has 0 spiro atoms. The van der Waals surface area contributed by atoms with Gasteiger partial charge in [0.2, 0.25) is 0 Å². The lowest BCUT2D eigenvalue weighted by molar-refractivity contribution is 0.152. The van der Waals surface area contributed by atoms with E-state index in [0.29, 0.717) is 19.0 Å². The molecular formula is C15H22F3N3. The number of halogens is 3. The van der Waals surface area contributed by atoms with Crippen molar-refractivity contribution in [1.82, 2.24) is 10.6 Å². The molecule has 21 heavy (non-hydrogen) atoms. The highest BCUT2D eigenvalue weighted by atomic mass is 19.3. The maximum absolute atomic E-state index is 13.3. The summed E-state index contributed by atoms with van der Waals surface area (Å²) in [5.41, 5.74) is 0.422.